The number of nitrogens with zero attached hydrogens (tertiary/aromatic N) is 2. The first kappa shape index (κ1) is 121. The number of Topliss-reactive ketones (excluding diaryl/α,β-unsaturated/α-hetero) is 4. The molecule has 2 saturated carbocycles. The molecule has 6 saturated heterocycles. The second kappa shape index (κ2) is 55.9. The Morgan fingerprint density at radius 2 is 0.812 bits per heavy atom. The molecule has 32 unspecified atom stereocenters. The molecule has 32 heteroatoms. The maximum absolute atomic E-state index is 14.5. The molecule has 8 fully saturated rings. The first-order valence-corrected chi connectivity index (χ1v) is 56.8. The molecule has 2 aliphatic carbocycles. The van der Waals surface area contributed by atoms with Crippen molar-refractivity contribution in [1.29, 1.82) is 0 Å². The SMILES string of the molecule is C=C1C(C)CC(C)/C=C/C=C/C=C(\C)C(OCC2CCS(=O)(=O)C2)CC2CCC(C)C(O)(O2)C(=O)C(=O)N2CCCCC2C(=O)OC(C(C)CC2CCC(O)C(OC)C2)CC(=O)C(C)/C=C(\C)C(O)C1OC.C=C1C(C)CC(C)/C=C/C=C/C=C(\C)C(OCC2CCS(=O)(=O)C2)CC2CCC(C)C(O)(O2)C(=O)C(=O)N2CCCCC2C(=O)OC(C(C)CC2CCC(O)C(OC)C2)CC(=O)C(C)/C=C(\C)C(O)C1OC. The van der Waals surface area contributed by atoms with Crippen molar-refractivity contribution in [1.82, 2.24) is 9.80 Å². The standard InChI is InChI=1S/2C56H87NO14S/c2*1-34-16-12-11-13-17-35(2)48(69-32-43-23-25-72(65,66)33-43)30-44-21-19-40(7)56(64,71-44)53(61)54(62)57-24-15-14-18-45(57)55(63)70-49(38(5)28-42-20-22-46(58)50(29-42)67-9)31-47(59)37(4)27-39(6)51(60)52(68-10)41(8)36(3)26-34/h2*11-13,16-17,27,34,36-38,40,42-46,48-52,58,60,64H,8,14-15,18-26,28-33H2,1-7,9-10H3/b2*13-11+,16-12+,35-17+,39-27+. The van der Waals surface area contributed by atoms with Gasteiger partial charge in [0, 0.05) is 90.9 Å². The van der Waals surface area contributed by atoms with E-state index < -0.39 is 176 Å². The van der Waals surface area contributed by atoms with Crippen molar-refractivity contribution >= 4 is 66.6 Å². The van der Waals surface area contributed by atoms with Crippen LogP contribution < -0.4 is 0 Å². The number of aliphatic hydroxyl groups excluding tert-OH is 4. The van der Waals surface area contributed by atoms with Crippen LogP contribution in [0.4, 0.5) is 0 Å². The van der Waals surface area contributed by atoms with Crippen molar-refractivity contribution in [3.63, 3.8) is 0 Å². The number of methoxy groups -OCH3 is 4. The van der Waals surface area contributed by atoms with Gasteiger partial charge in [-0.2, -0.15) is 0 Å². The van der Waals surface area contributed by atoms with E-state index in [-0.39, 0.29) is 171 Å². The van der Waals surface area contributed by atoms with E-state index in [9.17, 15) is 85.8 Å². The molecule has 10 aliphatic rings. The van der Waals surface area contributed by atoms with Crippen LogP contribution in [-0.2, 0) is 105 Å². The van der Waals surface area contributed by atoms with E-state index in [0.717, 1.165) is 48.0 Å². The Balaban J connectivity index is 0.000000321. The molecule has 32 atom stereocenters. The zero-order valence-electron chi connectivity index (χ0n) is 89.1. The molecule has 0 aromatic heterocycles. The zero-order valence-corrected chi connectivity index (χ0v) is 90.7. The lowest BCUT2D eigenvalue weighted by molar-refractivity contribution is -0.266. The molecular weight excluding hydrogens is 1890 g/mol. The predicted molar refractivity (Wildman–Crippen MR) is 550 cm³/mol. The number of ketones is 4. The summed E-state index contributed by atoms with van der Waals surface area (Å²) < 4.78 is 110. The Morgan fingerprint density at radius 3 is 1.15 bits per heavy atom. The fourth-order valence-electron chi connectivity index (χ4n) is 22.8. The fourth-order valence-corrected chi connectivity index (χ4v) is 26.5. The van der Waals surface area contributed by atoms with Crippen molar-refractivity contribution in [3.05, 3.63) is 120 Å². The summed E-state index contributed by atoms with van der Waals surface area (Å²) in [6, 6.07) is -2.33. The van der Waals surface area contributed by atoms with E-state index in [1.807, 2.05) is 90.2 Å². The van der Waals surface area contributed by atoms with Crippen molar-refractivity contribution < 1.29 is 133 Å². The number of aliphatic hydroxyl groups is 6. The van der Waals surface area contributed by atoms with Gasteiger partial charge in [-0.1, -0.05) is 155 Å². The number of rotatable bonds is 16. The Morgan fingerprint density at radius 1 is 0.444 bits per heavy atom. The Hall–Kier alpha value is -6.70. The maximum Gasteiger partial charge on any atom is 0.329 e. The largest absolute Gasteiger partial charge is 0.460 e. The van der Waals surface area contributed by atoms with Crippen LogP contribution in [-0.4, -0.2) is 291 Å². The van der Waals surface area contributed by atoms with Crippen molar-refractivity contribution in [3.8, 4) is 0 Å². The number of carbonyl (C=O) groups is 8. The highest BCUT2D eigenvalue weighted by Crippen LogP contribution is 2.43. The van der Waals surface area contributed by atoms with Crippen molar-refractivity contribution in [2.45, 2.75) is 373 Å². The average Bonchev–Trinajstić information content (AvgIpc) is 1.56. The summed E-state index contributed by atoms with van der Waals surface area (Å²) in [5.41, 5.74) is 4.13. The van der Waals surface area contributed by atoms with Gasteiger partial charge in [0.05, 0.1) is 85.1 Å². The van der Waals surface area contributed by atoms with Gasteiger partial charge in [-0.15, -0.1) is 0 Å². The number of amides is 2. The minimum absolute atomic E-state index is 0.0390. The molecular formula is C112H174N2O28S2. The number of fused-ring (bicyclic) bond motifs is 6. The third kappa shape index (κ3) is 33.6. The van der Waals surface area contributed by atoms with E-state index >= 15 is 0 Å². The number of hydrogen-bond donors (Lipinski definition) is 6. The van der Waals surface area contributed by atoms with Gasteiger partial charge in [0.15, 0.2) is 19.7 Å². The van der Waals surface area contributed by atoms with Crippen LogP contribution in [0.2, 0.25) is 0 Å². The Kier molecular flexibility index (Phi) is 46.9. The molecule has 8 aliphatic heterocycles. The van der Waals surface area contributed by atoms with Gasteiger partial charge in [0.2, 0.25) is 11.6 Å². The normalized spacial score (nSPS) is 40.5. The first-order chi connectivity index (χ1) is 67.9. The summed E-state index contributed by atoms with van der Waals surface area (Å²) >= 11 is 0. The highest BCUT2D eigenvalue weighted by molar-refractivity contribution is 7.91. The lowest BCUT2D eigenvalue weighted by Crippen LogP contribution is -2.61. The Bertz CT molecular complexity index is 4530. The number of ether oxygens (including phenoxy) is 10. The predicted octanol–water partition coefficient (Wildman–Crippen LogP) is 13.9. The summed E-state index contributed by atoms with van der Waals surface area (Å²) in [4.78, 5) is 118. The fraction of sp³-hybridized carbons (Fsp3) is 0.750. The molecule has 30 nitrogen and oxygen atoms in total. The Labute approximate surface area is 857 Å². The summed E-state index contributed by atoms with van der Waals surface area (Å²) in [7, 11) is -0.106. The lowest BCUT2D eigenvalue weighted by atomic mass is 9.78. The molecule has 0 aromatic rings. The van der Waals surface area contributed by atoms with Crippen molar-refractivity contribution in [2.24, 2.45) is 82.9 Å². The minimum Gasteiger partial charge on any atom is -0.460 e. The molecule has 8 heterocycles. The van der Waals surface area contributed by atoms with Gasteiger partial charge < -0.3 is 87.8 Å². The minimum atomic E-state index is -3.15. The summed E-state index contributed by atoms with van der Waals surface area (Å²) in [5.74, 6) is -14.6. The van der Waals surface area contributed by atoms with Crippen LogP contribution in [0.15, 0.2) is 120 Å². The number of esters is 2. The molecule has 2 amide bonds. The maximum atomic E-state index is 14.5. The smallest absolute Gasteiger partial charge is 0.329 e. The number of allylic oxidation sites excluding steroid dienone is 12. The highest BCUT2D eigenvalue weighted by atomic mass is 32.2. The number of piperidine rings is 2. The van der Waals surface area contributed by atoms with Gasteiger partial charge in [-0.05, 0) is 262 Å². The summed E-state index contributed by atoms with van der Waals surface area (Å²) in [6.45, 7) is 35.4. The van der Waals surface area contributed by atoms with Crippen molar-refractivity contribution in [2.75, 3.05) is 77.8 Å². The molecule has 10 rings (SSSR count). The first-order valence-electron chi connectivity index (χ1n) is 53.2. The topological polar surface area (TPSA) is 425 Å². The third-order valence-electron chi connectivity index (χ3n) is 32.6. The second-order valence-electron chi connectivity index (χ2n) is 44.3. The molecule has 0 aromatic carbocycles. The van der Waals surface area contributed by atoms with Gasteiger partial charge in [-0.25, -0.2) is 26.4 Å². The van der Waals surface area contributed by atoms with Gasteiger partial charge in [0.25, 0.3) is 23.4 Å². The van der Waals surface area contributed by atoms with E-state index in [1.54, 1.807) is 67.9 Å². The van der Waals surface area contributed by atoms with Crippen LogP contribution in [0.1, 0.15) is 264 Å². The van der Waals surface area contributed by atoms with E-state index in [1.165, 1.54) is 24.0 Å². The molecule has 4 bridgehead atoms. The molecule has 0 spiro atoms. The van der Waals surface area contributed by atoms with Crippen LogP contribution in [0, 0.1) is 82.9 Å². The van der Waals surface area contributed by atoms with Gasteiger partial charge in [-0.3, -0.25) is 28.8 Å². The van der Waals surface area contributed by atoms with Gasteiger partial charge >= 0.3 is 11.9 Å². The van der Waals surface area contributed by atoms with Gasteiger partial charge in [0.1, 0.15) is 60.3 Å². The third-order valence-corrected chi connectivity index (χ3v) is 36.2. The highest BCUT2D eigenvalue weighted by Gasteiger charge is 2.56. The van der Waals surface area contributed by atoms with Crippen LogP contribution in [0.25, 0.3) is 0 Å². The molecule has 0 radical (unpaired) electrons. The summed E-state index contributed by atoms with van der Waals surface area (Å²) in [5, 5.41) is 68.7. The number of carbonyl (C=O) groups excluding carboxylic acids is 8. The van der Waals surface area contributed by atoms with E-state index in [0.29, 0.717) is 114 Å². The zero-order chi connectivity index (χ0) is 106. The van der Waals surface area contributed by atoms with E-state index in [4.69, 9.17) is 47.4 Å². The van der Waals surface area contributed by atoms with Crippen LogP contribution in [0.3, 0.4) is 0 Å². The van der Waals surface area contributed by atoms with Crippen LogP contribution >= 0.6 is 0 Å². The summed E-state index contributed by atoms with van der Waals surface area (Å²) in [6.07, 6.45) is 24.6. The average molecular weight is 2060 g/mol. The van der Waals surface area contributed by atoms with Crippen LogP contribution in [0.5, 0.6) is 0 Å². The lowest BCUT2D eigenvalue weighted by Gasteiger charge is -2.43. The second-order valence-corrected chi connectivity index (χ2v) is 48.7. The van der Waals surface area contributed by atoms with E-state index in [2.05, 4.69) is 39.2 Å². The molecule has 812 valence electrons. The number of cyclic esters (lactones) is 2. The number of hydrogen-bond acceptors (Lipinski definition) is 28. The monoisotopic (exact) mass is 2060 g/mol. The molecule has 144 heavy (non-hydrogen) atoms. The quantitative estimate of drug-likeness (QED) is 0.0475. The number of sulfone groups is 2. The molecule has 6 N–H and O–H groups in total.